The maximum atomic E-state index is 13.7. The molecular weight excluding hydrogens is 364 g/mol. The van der Waals surface area contributed by atoms with Gasteiger partial charge in [0, 0.05) is 29.2 Å². The summed E-state index contributed by atoms with van der Waals surface area (Å²) < 4.78 is 5.25. The first-order valence-electron chi connectivity index (χ1n) is 10.2. The third kappa shape index (κ3) is 3.96. The Labute approximate surface area is 170 Å². The van der Waals surface area contributed by atoms with Crippen LogP contribution in [0.4, 0.5) is 0 Å². The van der Waals surface area contributed by atoms with Crippen LogP contribution in [0.15, 0.2) is 60.8 Å². The van der Waals surface area contributed by atoms with Crippen LogP contribution >= 0.6 is 0 Å². The van der Waals surface area contributed by atoms with Gasteiger partial charge in [-0.1, -0.05) is 48.5 Å². The largest absolute Gasteiger partial charge is 0.466 e. The van der Waals surface area contributed by atoms with E-state index in [2.05, 4.69) is 9.88 Å². The molecule has 5 nitrogen and oxygen atoms in total. The highest BCUT2D eigenvalue weighted by molar-refractivity contribution is 6.10. The minimum absolute atomic E-state index is 0.0539. The van der Waals surface area contributed by atoms with Crippen LogP contribution in [0.1, 0.15) is 41.7 Å². The normalized spacial score (nSPS) is 18.4. The molecule has 2 aromatic carbocycles. The van der Waals surface area contributed by atoms with Crippen LogP contribution in [0.25, 0.3) is 10.9 Å². The van der Waals surface area contributed by atoms with Crippen LogP contribution in [-0.4, -0.2) is 41.3 Å². The van der Waals surface area contributed by atoms with Crippen molar-refractivity contribution in [3.63, 3.8) is 0 Å². The molecule has 2 heterocycles. The molecule has 1 fully saturated rings. The number of carbonyl (C=O) groups excluding carboxylic acids is 2. The lowest BCUT2D eigenvalue weighted by molar-refractivity contribution is -0.150. The van der Waals surface area contributed by atoms with E-state index in [0.717, 1.165) is 35.9 Å². The molecule has 0 unspecified atom stereocenters. The van der Waals surface area contributed by atoms with Crippen molar-refractivity contribution < 1.29 is 14.3 Å². The molecule has 5 heteroatoms. The van der Waals surface area contributed by atoms with Gasteiger partial charge in [0.1, 0.15) is 0 Å². The lowest BCUT2D eigenvalue weighted by Crippen LogP contribution is -2.44. The molecule has 29 heavy (non-hydrogen) atoms. The number of carbonyl (C=O) groups is 2. The molecule has 0 bridgehead atoms. The van der Waals surface area contributed by atoms with E-state index >= 15 is 0 Å². The summed E-state index contributed by atoms with van der Waals surface area (Å²) in [7, 11) is 0. The highest BCUT2D eigenvalue weighted by atomic mass is 16.5. The Kier molecular flexibility index (Phi) is 5.76. The van der Waals surface area contributed by atoms with Crippen LogP contribution in [0.5, 0.6) is 0 Å². The third-order valence-corrected chi connectivity index (χ3v) is 5.66. The molecule has 4 rings (SSSR count). The fourth-order valence-electron chi connectivity index (χ4n) is 4.28. The maximum absolute atomic E-state index is 13.7. The number of Topliss-reactive ketones (excluding diaryl/α,β-unsaturated/α-hetero) is 1. The molecule has 3 aromatic rings. The molecule has 0 aliphatic carbocycles. The number of piperidine rings is 1. The molecule has 2 atom stereocenters. The fraction of sp³-hybridized carbons (Fsp3) is 0.333. The number of ether oxygens (including phenoxy) is 1. The van der Waals surface area contributed by atoms with Crippen molar-refractivity contribution in [3.05, 3.63) is 71.9 Å². The number of fused-ring (bicyclic) bond motifs is 1. The summed E-state index contributed by atoms with van der Waals surface area (Å²) in [6.45, 7) is 3.52. The number of aromatic nitrogens is 1. The van der Waals surface area contributed by atoms with E-state index in [0.29, 0.717) is 18.7 Å². The second kappa shape index (κ2) is 8.62. The molecule has 0 radical (unpaired) electrons. The second-order valence-electron chi connectivity index (χ2n) is 7.51. The average molecular weight is 390 g/mol. The SMILES string of the molecule is CCOC(=O)[C@@H]1CCCN([C@H](C(=O)c2c[nH]c3ccccc23)c2ccccc2)C1. The Morgan fingerprint density at radius 3 is 2.69 bits per heavy atom. The number of likely N-dealkylation sites (tertiary alicyclic amines) is 1. The predicted molar refractivity (Wildman–Crippen MR) is 113 cm³/mol. The molecule has 1 aromatic heterocycles. The Morgan fingerprint density at radius 2 is 1.90 bits per heavy atom. The highest BCUT2D eigenvalue weighted by Crippen LogP contribution is 2.32. The number of esters is 1. The van der Waals surface area contributed by atoms with Crippen molar-refractivity contribution in [1.82, 2.24) is 9.88 Å². The monoisotopic (exact) mass is 390 g/mol. The van der Waals surface area contributed by atoms with E-state index in [1.807, 2.05) is 61.5 Å². The zero-order chi connectivity index (χ0) is 20.2. The first-order valence-corrected chi connectivity index (χ1v) is 10.2. The number of ketones is 1. The van der Waals surface area contributed by atoms with Crippen LogP contribution in [0.3, 0.4) is 0 Å². The van der Waals surface area contributed by atoms with Crippen molar-refractivity contribution in [2.75, 3.05) is 19.7 Å². The van der Waals surface area contributed by atoms with Gasteiger partial charge in [0.2, 0.25) is 0 Å². The number of para-hydroxylation sites is 1. The number of hydrogen-bond donors (Lipinski definition) is 1. The number of nitrogens with zero attached hydrogens (tertiary/aromatic N) is 1. The van der Waals surface area contributed by atoms with E-state index in [9.17, 15) is 9.59 Å². The Balaban J connectivity index is 1.69. The molecular formula is C24H26N2O3. The van der Waals surface area contributed by atoms with Crippen molar-refractivity contribution in [2.45, 2.75) is 25.8 Å². The van der Waals surface area contributed by atoms with Crippen molar-refractivity contribution in [2.24, 2.45) is 5.92 Å². The lowest BCUT2D eigenvalue weighted by atomic mass is 9.91. The van der Waals surface area contributed by atoms with Crippen LogP contribution < -0.4 is 0 Å². The van der Waals surface area contributed by atoms with Gasteiger partial charge in [-0.15, -0.1) is 0 Å². The van der Waals surface area contributed by atoms with Gasteiger partial charge in [-0.25, -0.2) is 0 Å². The van der Waals surface area contributed by atoms with Gasteiger partial charge in [-0.05, 0) is 37.9 Å². The van der Waals surface area contributed by atoms with Gasteiger partial charge in [-0.2, -0.15) is 0 Å². The first kappa shape index (κ1) is 19.4. The number of rotatable bonds is 6. The maximum Gasteiger partial charge on any atom is 0.310 e. The highest BCUT2D eigenvalue weighted by Gasteiger charge is 2.35. The summed E-state index contributed by atoms with van der Waals surface area (Å²) >= 11 is 0. The molecule has 1 aliphatic rings. The van der Waals surface area contributed by atoms with Crippen LogP contribution in [0.2, 0.25) is 0 Å². The van der Waals surface area contributed by atoms with Gasteiger partial charge in [-0.3, -0.25) is 14.5 Å². The van der Waals surface area contributed by atoms with Gasteiger partial charge in [0.05, 0.1) is 18.6 Å². The minimum atomic E-state index is -0.423. The van der Waals surface area contributed by atoms with Crippen molar-refractivity contribution in [3.8, 4) is 0 Å². The zero-order valence-electron chi connectivity index (χ0n) is 16.6. The summed E-state index contributed by atoms with van der Waals surface area (Å²) in [6, 6.07) is 17.3. The number of benzene rings is 2. The topological polar surface area (TPSA) is 62.4 Å². The van der Waals surface area contributed by atoms with Gasteiger partial charge in [0.15, 0.2) is 5.78 Å². The van der Waals surface area contributed by atoms with Gasteiger partial charge >= 0.3 is 5.97 Å². The molecule has 150 valence electrons. The Hall–Kier alpha value is -2.92. The minimum Gasteiger partial charge on any atom is -0.466 e. The number of nitrogens with one attached hydrogen (secondary N) is 1. The quantitative estimate of drug-likeness (QED) is 0.502. The van der Waals surface area contributed by atoms with E-state index < -0.39 is 6.04 Å². The second-order valence-corrected chi connectivity index (χ2v) is 7.51. The van der Waals surface area contributed by atoms with Crippen LogP contribution in [0, 0.1) is 5.92 Å². The molecule has 0 amide bonds. The smallest absolute Gasteiger partial charge is 0.310 e. The summed E-state index contributed by atoms with van der Waals surface area (Å²) in [6.07, 6.45) is 3.47. The standard InChI is InChI=1S/C24H26N2O3/c1-2-29-24(28)18-11-8-14-26(16-18)22(17-9-4-3-5-10-17)23(27)20-15-25-21-13-7-6-12-19(20)21/h3-7,9-10,12-13,15,18,22,25H,2,8,11,14,16H2,1H3/t18-,22+/m1/s1. The fourth-order valence-corrected chi connectivity index (χ4v) is 4.28. The summed E-state index contributed by atoms with van der Waals surface area (Å²) in [5, 5.41) is 0.928. The third-order valence-electron chi connectivity index (χ3n) is 5.66. The Bertz CT molecular complexity index is 996. The van der Waals surface area contributed by atoms with E-state index in [4.69, 9.17) is 4.74 Å². The molecule has 1 aliphatic heterocycles. The molecule has 0 spiro atoms. The number of hydrogen-bond acceptors (Lipinski definition) is 4. The van der Waals surface area contributed by atoms with E-state index in [1.54, 1.807) is 6.20 Å². The lowest BCUT2D eigenvalue weighted by Gasteiger charge is -2.37. The Morgan fingerprint density at radius 1 is 1.14 bits per heavy atom. The summed E-state index contributed by atoms with van der Waals surface area (Å²) in [5.41, 5.74) is 2.59. The van der Waals surface area contributed by atoms with Crippen molar-refractivity contribution in [1.29, 1.82) is 0 Å². The van der Waals surface area contributed by atoms with E-state index in [-0.39, 0.29) is 17.7 Å². The average Bonchev–Trinajstić information content (AvgIpc) is 3.19. The van der Waals surface area contributed by atoms with Crippen molar-refractivity contribution >= 4 is 22.7 Å². The summed E-state index contributed by atoms with van der Waals surface area (Å²) in [5.74, 6) is -0.299. The van der Waals surface area contributed by atoms with E-state index in [1.165, 1.54) is 0 Å². The van der Waals surface area contributed by atoms with Gasteiger partial charge in [0.25, 0.3) is 0 Å². The number of H-pyrrole nitrogens is 1. The molecule has 1 saturated heterocycles. The summed E-state index contributed by atoms with van der Waals surface area (Å²) in [4.78, 5) is 31.4. The predicted octanol–water partition coefficient (Wildman–Crippen LogP) is 4.37. The zero-order valence-corrected chi connectivity index (χ0v) is 16.6. The molecule has 1 N–H and O–H groups in total. The van der Waals surface area contributed by atoms with Crippen LogP contribution in [-0.2, 0) is 9.53 Å². The molecule has 0 saturated carbocycles. The van der Waals surface area contributed by atoms with Gasteiger partial charge < -0.3 is 9.72 Å². The number of aromatic amines is 1. The first-order chi connectivity index (χ1) is 14.2.